The second-order valence-electron chi connectivity index (χ2n) is 8.23. The smallest absolute Gasteiger partial charge is 0.326 e. The number of carbonyl (C=O) groups is 4. The van der Waals surface area contributed by atoms with E-state index >= 15 is 0 Å². The van der Waals surface area contributed by atoms with Gasteiger partial charge in [0.1, 0.15) is 12.1 Å². The summed E-state index contributed by atoms with van der Waals surface area (Å²) in [6.45, 7) is 7.24. The molecule has 0 spiro atoms. The Morgan fingerprint density at radius 3 is 2.16 bits per heavy atom. The lowest BCUT2D eigenvalue weighted by atomic mass is 9.98. The summed E-state index contributed by atoms with van der Waals surface area (Å²) in [5.74, 6) is -3.06. The predicted molar refractivity (Wildman–Crippen MR) is 121 cm³/mol. The van der Waals surface area contributed by atoms with Crippen LogP contribution in [0.15, 0.2) is 4.99 Å². The molecule has 0 rings (SSSR count). The third kappa shape index (κ3) is 12.1. The molecule has 0 aromatic rings. The zero-order valence-corrected chi connectivity index (χ0v) is 19.4. The second-order valence-corrected chi connectivity index (χ2v) is 8.23. The van der Waals surface area contributed by atoms with Gasteiger partial charge in [0.05, 0.1) is 12.6 Å². The lowest BCUT2D eigenvalue weighted by Gasteiger charge is -2.24. The summed E-state index contributed by atoms with van der Waals surface area (Å²) in [7, 11) is 0. The molecule has 4 atom stereocenters. The van der Waals surface area contributed by atoms with Crippen molar-refractivity contribution in [2.24, 2.45) is 34.0 Å². The van der Waals surface area contributed by atoms with Gasteiger partial charge in [-0.2, -0.15) is 0 Å². The Morgan fingerprint density at radius 2 is 1.66 bits per heavy atom. The maximum absolute atomic E-state index is 12.7. The molecule has 10 N–H and O–H groups in total. The van der Waals surface area contributed by atoms with Gasteiger partial charge in [0.25, 0.3) is 0 Å². The molecule has 3 amide bonds. The van der Waals surface area contributed by atoms with Gasteiger partial charge in [0.15, 0.2) is 5.96 Å². The van der Waals surface area contributed by atoms with Crippen molar-refractivity contribution in [3.8, 4) is 0 Å². The lowest BCUT2D eigenvalue weighted by Crippen LogP contribution is -2.55. The SMILES string of the molecule is CCC(C)C(NC(=O)C(CCCN=C(N)N)NC(=O)CNC(=O)C(N)CC(C)C)C(=O)O. The first-order chi connectivity index (χ1) is 14.9. The quantitative estimate of drug-likeness (QED) is 0.0882. The molecule has 0 aromatic carbocycles. The van der Waals surface area contributed by atoms with Crippen LogP contribution in [-0.4, -0.2) is 66.0 Å². The van der Waals surface area contributed by atoms with Crippen LogP contribution < -0.4 is 33.2 Å². The number of aliphatic imine (C=N–C) groups is 1. The third-order valence-electron chi connectivity index (χ3n) is 4.86. The molecule has 0 saturated heterocycles. The second kappa shape index (κ2) is 15.0. The molecule has 0 heterocycles. The van der Waals surface area contributed by atoms with E-state index in [1.165, 1.54) is 0 Å². The molecular formula is C20H39N7O5. The van der Waals surface area contributed by atoms with Crippen molar-refractivity contribution in [3.05, 3.63) is 0 Å². The molecule has 12 nitrogen and oxygen atoms in total. The Bertz CT molecular complexity index is 665. The van der Waals surface area contributed by atoms with E-state index in [4.69, 9.17) is 17.2 Å². The summed E-state index contributed by atoms with van der Waals surface area (Å²) in [6, 6.07) is -2.87. The Hall–Kier alpha value is -2.89. The number of carboxylic acids is 1. The first-order valence-electron chi connectivity index (χ1n) is 10.8. The van der Waals surface area contributed by atoms with E-state index in [0.29, 0.717) is 19.3 Å². The number of nitrogens with zero attached hydrogens (tertiary/aromatic N) is 1. The highest BCUT2D eigenvalue weighted by molar-refractivity contribution is 5.92. The predicted octanol–water partition coefficient (Wildman–Crippen LogP) is -1.37. The first kappa shape index (κ1) is 29.1. The van der Waals surface area contributed by atoms with Gasteiger partial charge >= 0.3 is 5.97 Å². The Morgan fingerprint density at radius 1 is 1.03 bits per heavy atom. The average molecular weight is 458 g/mol. The molecule has 0 aliphatic rings. The number of carboxylic acid groups (broad SMARTS) is 1. The molecule has 4 unspecified atom stereocenters. The Kier molecular flexibility index (Phi) is 13.6. The summed E-state index contributed by atoms with van der Waals surface area (Å²) in [6.07, 6.45) is 1.54. The fraction of sp³-hybridized carbons (Fsp3) is 0.750. The standard InChI is InChI=1S/C20H39N7O5/c1-5-12(4)16(19(31)32)27-18(30)14(7-6-8-24-20(22)23)26-15(28)10-25-17(29)13(21)9-11(2)3/h11-14,16H,5-10,21H2,1-4H3,(H,25,29)(H,26,28)(H,27,30)(H,31,32)(H4,22,23,24). The molecule has 12 heteroatoms. The highest BCUT2D eigenvalue weighted by Crippen LogP contribution is 2.09. The van der Waals surface area contributed by atoms with Crippen LogP contribution in [0, 0.1) is 11.8 Å². The van der Waals surface area contributed by atoms with Gasteiger partial charge in [-0.25, -0.2) is 4.79 Å². The van der Waals surface area contributed by atoms with Crippen LogP contribution >= 0.6 is 0 Å². The summed E-state index contributed by atoms with van der Waals surface area (Å²) in [5, 5.41) is 16.9. The lowest BCUT2D eigenvalue weighted by molar-refractivity contribution is -0.143. The molecule has 0 aromatic heterocycles. The van der Waals surface area contributed by atoms with Crippen molar-refractivity contribution in [2.75, 3.05) is 13.1 Å². The minimum Gasteiger partial charge on any atom is -0.480 e. The highest BCUT2D eigenvalue weighted by atomic mass is 16.4. The number of aliphatic carboxylic acids is 1. The number of amides is 3. The van der Waals surface area contributed by atoms with Gasteiger partial charge in [0, 0.05) is 6.54 Å². The van der Waals surface area contributed by atoms with E-state index in [-0.39, 0.29) is 37.3 Å². The van der Waals surface area contributed by atoms with Gasteiger partial charge in [0.2, 0.25) is 17.7 Å². The van der Waals surface area contributed by atoms with Crippen LogP contribution in [-0.2, 0) is 19.2 Å². The third-order valence-corrected chi connectivity index (χ3v) is 4.86. The fourth-order valence-electron chi connectivity index (χ4n) is 2.87. The summed E-state index contributed by atoms with van der Waals surface area (Å²) < 4.78 is 0. The fourth-order valence-corrected chi connectivity index (χ4v) is 2.87. The van der Waals surface area contributed by atoms with Crippen LogP contribution in [0.1, 0.15) is 53.4 Å². The molecule has 0 saturated carbocycles. The summed E-state index contributed by atoms with van der Waals surface area (Å²) in [5.41, 5.74) is 16.4. The van der Waals surface area contributed by atoms with Crippen molar-refractivity contribution >= 4 is 29.7 Å². The van der Waals surface area contributed by atoms with Crippen LogP contribution in [0.3, 0.4) is 0 Å². The van der Waals surface area contributed by atoms with Gasteiger partial charge in [-0.05, 0) is 31.1 Å². The molecule has 32 heavy (non-hydrogen) atoms. The molecule has 0 bridgehead atoms. The maximum Gasteiger partial charge on any atom is 0.326 e. The van der Waals surface area contributed by atoms with E-state index in [9.17, 15) is 24.3 Å². The topological polar surface area (TPSA) is 215 Å². The van der Waals surface area contributed by atoms with Crippen LogP contribution in [0.25, 0.3) is 0 Å². The number of hydrogen-bond acceptors (Lipinski definition) is 6. The minimum atomic E-state index is -1.16. The van der Waals surface area contributed by atoms with E-state index in [0.717, 1.165) is 0 Å². The highest BCUT2D eigenvalue weighted by Gasteiger charge is 2.29. The number of rotatable bonds is 15. The number of nitrogens with two attached hydrogens (primary N) is 3. The number of nitrogens with one attached hydrogen (secondary N) is 3. The first-order valence-corrected chi connectivity index (χ1v) is 10.8. The van der Waals surface area contributed by atoms with E-state index in [1.807, 2.05) is 20.8 Å². The number of guanidine groups is 1. The van der Waals surface area contributed by atoms with Gasteiger partial charge in [-0.3, -0.25) is 19.4 Å². The monoisotopic (exact) mass is 457 g/mol. The van der Waals surface area contributed by atoms with Crippen molar-refractivity contribution in [1.82, 2.24) is 16.0 Å². The molecule has 0 aliphatic heterocycles. The maximum atomic E-state index is 12.7. The van der Waals surface area contributed by atoms with Crippen LogP contribution in [0.4, 0.5) is 0 Å². The van der Waals surface area contributed by atoms with Gasteiger partial charge in [-0.1, -0.05) is 34.1 Å². The van der Waals surface area contributed by atoms with Crippen molar-refractivity contribution in [1.29, 1.82) is 0 Å². The largest absolute Gasteiger partial charge is 0.480 e. The van der Waals surface area contributed by atoms with Crippen molar-refractivity contribution < 1.29 is 24.3 Å². The number of carbonyl (C=O) groups excluding carboxylic acids is 3. The van der Waals surface area contributed by atoms with Gasteiger partial charge < -0.3 is 38.3 Å². The molecule has 0 radical (unpaired) electrons. The Labute approximate surface area is 189 Å². The normalized spacial score (nSPS) is 14.6. The number of hydrogen-bond donors (Lipinski definition) is 7. The van der Waals surface area contributed by atoms with E-state index in [2.05, 4.69) is 20.9 Å². The average Bonchev–Trinajstić information content (AvgIpc) is 2.70. The summed E-state index contributed by atoms with van der Waals surface area (Å²) in [4.78, 5) is 52.4. The zero-order chi connectivity index (χ0) is 24.8. The van der Waals surface area contributed by atoms with Crippen LogP contribution in [0.2, 0.25) is 0 Å². The van der Waals surface area contributed by atoms with Crippen molar-refractivity contribution in [2.45, 2.75) is 71.5 Å². The van der Waals surface area contributed by atoms with Gasteiger partial charge in [-0.15, -0.1) is 0 Å². The minimum absolute atomic E-state index is 0.0989. The molecule has 0 aliphatic carbocycles. The summed E-state index contributed by atoms with van der Waals surface area (Å²) >= 11 is 0. The molecule has 0 fully saturated rings. The Balaban J connectivity index is 5.09. The van der Waals surface area contributed by atoms with Crippen LogP contribution in [0.5, 0.6) is 0 Å². The molecular weight excluding hydrogens is 418 g/mol. The molecule has 184 valence electrons. The van der Waals surface area contributed by atoms with Crippen molar-refractivity contribution in [3.63, 3.8) is 0 Å². The van der Waals surface area contributed by atoms with E-state index < -0.39 is 41.8 Å². The zero-order valence-electron chi connectivity index (χ0n) is 19.4. The van der Waals surface area contributed by atoms with E-state index in [1.54, 1.807) is 6.92 Å².